The number of benzene rings is 4. The van der Waals surface area contributed by atoms with E-state index in [1.54, 1.807) is 80.9 Å². The van der Waals surface area contributed by atoms with Gasteiger partial charge >= 0.3 is 12.0 Å². The standard InChI is InChI=1S/C31H28FN5O4/c1-39-25-16-10-21(11-17-25)18-19-41-31-35-29(27-8-3-4-9-28(27)32)37(36-31)24-14-12-22(13-15-24)33-30(38)34-23-6-5-7-26(20-23)40-2/h3-17,20H,18-19H2,1-2H3,(H2,33,34,38). The third-order valence-electron chi connectivity index (χ3n) is 6.18. The van der Waals surface area contributed by atoms with Gasteiger partial charge in [0.1, 0.15) is 17.3 Å². The molecule has 9 nitrogen and oxygen atoms in total. The van der Waals surface area contributed by atoms with Crippen LogP contribution in [0.4, 0.5) is 20.6 Å². The topological polar surface area (TPSA) is 99.5 Å². The second-order valence-corrected chi connectivity index (χ2v) is 8.91. The van der Waals surface area contributed by atoms with Crippen molar-refractivity contribution in [1.29, 1.82) is 0 Å². The van der Waals surface area contributed by atoms with Gasteiger partial charge in [-0.1, -0.05) is 30.3 Å². The van der Waals surface area contributed by atoms with E-state index in [1.165, 1.54) is 10.7 Å². The molecule has 0 aliphatic heterocycles. The van der Waals surface area contributed by atoms with Gasteiger partial charge in [-0.15, -0.1) is 5.10 Å². The smallest absolute Gasteiger partial charge is 0.336 e. The van der Waals surface area contributed by atoms with E-state index in [1.807, 2.05) is 24.3 Å². The molecule has 0 aliphatic carbocycles. The lowest BCUT2D eigenvalue weighted by Gasteiger charge is -2.10. The molecule has 0 fully saturated rings. The molecule has 0 bridgehead atoms. The minimum absolute atomic E-state index is 0.122. The number of hydrogen-bond donors (Lipinski definition) is 2. The van der Waals surface area contributed by atoms with Gasteiger partial charge in [-0.05, 0) is 66.2 Å². The fraction of sp³-hybridized carbons (Fsp3) is 0.129. The van der Waals surface area contributed by atoms with E-state index < -0.39 is 11.8 Å². The predicted molar refractivity (Wildman–Crippen MR) is 155 cm³/mol. The van der Waals surface area contributed by atoms with Crippen LogP contribution in [0.3, 0.4) is 0 Å². The molecule has 41 heavy (non-hydrogen) atoms. The van der Waals surface area contributed by atoms with Crippen LogP contribution >= 0.6 is 0 Å². The highest BCUT2D eigenvalue weighted by Crippen LogP contribution is 2.27. The molecular weight excluding hydrogens is 525 g/mol. The van der Waals surface area contributed by atoms with E-state index in [9.17, 15) is 9.18 Å². The number of nitrogens with one attached hydrogen (secondary N) is 2. The zero-order chi connectivity index (χ0) is 28.6. The number of anilines is 2. The number of rotatable bonds is 10. The summed E-state index contributed by atoms with van der Waals surface area (Å²) in [5, 5.41) is 10.1. The average molecular weight is 554 g/mol. The minimum Gasteiger partial charge on any atom is -0.497 e. The van der Waals surface area contributed by atoms with E-state index >= 15 is 0 Å². The monoisotopic (exact) mass is 553 g/mol. The first-order valence-corrected chi connectivity index (χ1v) is 12.8. The van der Waals surface area contributed by atoms with Crippen molar-refractivity contribution < 1.29 is 23.4 Å². The summed E-state index contributed by atoms with van der Waals surface area (Å²) >= 11 is 0. The van der Waals surface area contributed by atoms with Gasteiger partial charge in [-0.3, -0.25) is 0 Å². The Morgan fingerprint density at radius 3 is 2.29 bits per heavy atom. The lowest BCUT2D eigenvalue weighted by molar-refractivity contribution is 0.262. The van der Waals surface area contributed by atoms with Gasteiger partial charge in [0.2, 0.25) is 0 Å². The first-order chi connectivity index (χ1) is 20.0. The summed E-state index contributed by atoms with van der Waals surface area (Å²) in [6.07, 6.45) is 0.631. The number of methoxy groups -OCH3 is 2. The molecule has 2 amide bonds. The molecule has 0 radical (unpaired) electrons. The first-order valence-electron chi connectivity index (χ1n) is 12.8. The van der Waals surface area contributed by atoms with Crippen LogP contribution in [0.25, 0.3) is 17.1 Å². The number of urea groups is 1. The SMILES string of the molecule is COc1ccc(CCOc2nc(-c3ccccc3F)n(-c3ccc(NC(=O)Nc4cccc(OC)c4)cc3)n2)cc1. The normalized spacial score (nSPS) is 10.6. The third kappa shape index (κ3) is 6.80. The van der Waals surface area contributed by atoms with Crippen molar-refractivity contribution in [3.05, 3.63) is 108 Å². The van der Waals surface area contributed by atoms with E-state index in [-0.39, 0.29) is 11.6 Å². The molecule has 1 heterocycles. The Morgan fingerprint density at radius 2 is 1.56 bits per heavy atom. The number of carbonyl (C=O) groups is 1. The first kappa shape index (κ1) is 27.2. The number of carbonyl (C=O) groups excluding carboxylic acids is 1. The molecule has 0 aliphatic rings. The number of amides is 2. The molecule has 208 valence electrons. The van der Waals surface area contributed by atoms with Crippen LogP contribution in [0.5, 0.6) is 17.5 Å². The predicted octanol–water partition coefficient (Wildman–Crippen LogP) is 6.36. The largest absolute Gasteiger partial charge is 0.497 e. The average Bonchev–Trinajstić information content (AvgIpc) is 3.42. The maximum absolute atomic E-state index is 14.8. The van der Waals surface area contributed by atoms with Crippen LogP contribution in [0.2, 0.25) is 0 Å². The molecule has 10 heteroatoms. The number of nitrogens with zero attached hydrogens (tertiary/aromatic N) is 3. The van der Waals surface area contributed by atoms with Crippen molar-refractivity contribution in [1.82, 2.24) is 14.8 Å². The number of ether oxygens (including phenoxy) is 3. The number of hydrogen-bond acceptors (Lipinski definition) is 6. The van der Waals surface area contributed by atoms with Crippen LogP contribution in [0, 0.1) is 5.82 Å². The summed E-state index contributed by atoms with van der Waals surface area (Å²) in [6, 6.07) is 27.8. The molecular formula is C31H28FN5O4. The van der Waals surface area contributed by atoms with Crippen LogP contribution in [0.15, 0.2) is 97.1 Å². The van der Waals surface area contributed by atoms with Gasteiger partial charge in [0.05, 0.1) is 32.1 Å². The van der Waals surface area contributed by atoms with Crippen molar-refractivity contribution in [3.8, 4) is 34.6 Å². The summed E-state index contributed by atoms with van der Waals surface area (Å²) in [7, 11) is 3.18. The van der Waals surface area contributed by atoms with Gasteiger partial charge in [0.15, 0.2) is 5.82 Å². The van der Waals surface area contributed by atoms with Crippen LogP contribution in [-0.2, 0) is 6.42 Å². The second-order valence-electron chi connectivity index (χ2n) is 8.91. The van der Waals surface area contributed by atoms with Gasteiger partial charge in [0.25, 0.3) is 0 Å². The number of aromatic nitrogens is 3. The minimum atomic E-state index is -0.432. The summed E-state index contributed by atoms with van der Waals surface area (Å²) in [4.78, 5) is 17.0. The van der Waals surface area contributed by atoms with Crippen molar-refractivity contribution in [3.63, 3.8) is 0 Å². The van der Waals surface area contributed by atoms with E-state index in [0.717, 1.165) is 11.3 Å². The maximum atomic E-state index is 14.8. The Bertz CT molecular complexity index is 1620. The zero-order valence-corrected chi connectivity index (χ0v) is 22.5. The molecule has 0 saturated carbocycles. The Morgan fingerprint density at radius 1 is 0.829 bits per heavy atom. The summed E-state index contributed by atoms with van der Waals surface area (Å²) in [5.41, 5.74) is 3.11. The van der Waals surface area contributed by atoms with Crippen LogP contribution in [-0.4, -0.2) is 41.6 Å². The molecule has 1 aromatic heterocycles. The van der Waals surface area contributed by atoms with Crippen LogP contribution in [0.1, 0.15) is 5.56 Å². The molecule has 5 rings (SSSR count). The van der Waals surface area contributed by atoms with Crippen molar-refractivity contribution in [2.75, 3.05) is 31.5 Å². The van der Waals surface area contributed by atoms with Gasteiger partial charge in [-0.2, -0.15) is 4.98 Å². The summed E-state index contributed by atoms with van der Waals surface area (Å²) in [5.74, 6) is 1.27. The summed E-state index contributed by atoms with van der Waals surface area (Å²) < 4.78 is 32.5. The molecule has 0 unspecified atom stereocenters. The van der Waals surface area contributed by atoms with Crippen LogP contribution < -0.4 is 24.8 Å². The second kappa shape index (κ2) is 12.6. The van der Waals surface area contributed by atoms with Gasteiger partial charge < -0.3 is 24.8 Å². The fourth-order valence-corrected chi connectivity index (χ4v) is 4.08. The Balaban J connectivity index is 1.31. The quantitative estimate of drug-likeness (QED) is 0.209. The molecule has 0 saturated heterocycles. The highest BCUT2D eigenvalue weighted by Gasteiger charge is 2.18. The van der Waals surface area contributed by atoms with Crippen molar-refractivity contribution in [2.24, 2.45) is 0 Å². The highest BCUT2D eigenvalue weighted by molar-refractivity contribution is 5.99. The Labute approximate surface area is 236 Å². The third-order valence-corrected chi connectivity index (χ3v) is 6.18. The number of halogens is 1. The molecule has 4 aromatic carbocycles. The van der Waals surface area contributed by atoms with E-state index in [2.05, 4.69) is 20.7 Å². The van der Waals surface area contributed by atoms with Gasteiger partial charge in [-0.25, -0.2) is 13.9 Å². The molecule has 2 N–H and O–H groups in total. The van der Waals surface area contributed by atoms with E-state index in [4.69, 9.17) is 14.2 Å². The summed E-state index contributed by atoms with van der Waals surface area (Å²) in [6.45, 7) is 0.332. The molecule has 0 spiro atoms. The highest BCUT2D eigenvalue weighted by atomic mass is 19.1. The zero-order valence-electron chi connectivity index (χ0n) is 22.5. The lowest BCUT2D eigenvalue weighted by atomic mass is 10.1. The van der Waals surface area contributed by atoms with Crippen molar-refractivity contribution in [2.45, 2.75) is 6.42 Å². The Kier molecular flexibility index (Phi) is 8.39. The van der Waals surface area contributed by atoms with Gasteiger partial charge in [0, 0.05) is 23.9 Å². The molecule has 0 atom stereocenters. The molecule has 5 aromatic rings. The van der Waals surface area contributed by atoms with E-state index in [0.29, 0.717) is 41.7 Å². The lowest BCUT2D eigenvalue weighted by Crippen LogP contribution is -2.19. The van der Waals surface area contributed by atoms with Crippen molar-refractivity contribution >= 4 is 17.4 Å². The Hall–Kier alpha value is -5.38. The maximum Gasteiger partial charge on any atom is 0.336 e. The fourth-order valence-electron chi connectivity index (χ4n) is 4.08.